The summed E-state index contributed by atoms with van der Waals surface area (Å²) in [4.78, 5) is 1.19. The maximum atomic E-state index is 5.75. The normalized spacial score (nSPS) is 12.9. The van der Waals surface area contributed by atoms with Gasteiger partial charge in [-0.1, -0.05) is 0 Å². The van der Waals surface area contributed by atoms with E-state index in [9.17, 15) is 0 Å². The Balaban J connectivity index is 4.76. The van der Waals surface area contributed by atoms with Gasteiger partial charge in [-0.15, -0.1) is 0 Å². The van der Waals surface area contributed by atoms with Crippen molar-refractivity contribution in [1.82, 2.24) is 0 Å². The van der Waals surface area contributed by atoms with Crippen molar-refractivity contribution in [3.8, 4) is 0 Å². The van der Waals surface area contributed by atoms with Crippen LogP contribution in [0, 0.1) is 0 Å². The molecule has 16 heavy (non-hydrogen) atoms. The average molecular weight is 282 g/mol. The molecule has 0 rings (SSSR count). The van der Waals surface area contributed by atoms with Gasteiger partial charge < -0.3 is 0 Å². The van der Waals surface area contributed by atoms with Crippen molar-refractivity contribution in [2.45, 2.75) is 40.2 Å². The van der Waals surface area contributed by atoms with Crippen LogP contribution in [0.15, 0.2) is 11.0 Å². The van der Waals surface area contributed by atoms with E-state index in [0.717, 1.165) is 10.3 Å². The van der Waals surface area contributed by atoms with E-state index in [0.29, 0.717) is 13.2 Å². The van der Waals surface area contributed by atoms with Gasteiger partial charge in [0.2, 0.25) is 0 Å². The molecule has 0 aromatic rings. The van der Waals surface area contributed by atoms with Crippen molar-refractivity contribution in [2.75, 3.05) is 19.0 Å². The van der Waals surface area contributed by atoms with Crippen LogP contribution in [0.25, 0.3) is 0 Å². The molecular formula is C12H22CrO2S. The molecule has 0 saturated heterocycles. The van der Waals surface area contributed by atoms with E-state index in [1.54, 1.807) is 11.8 Å². The van der Waals surface area contributed by atoms with E-state index < -0.39 is 0 Å². The maximum absolute atomic E-state index is 5.75. The van der Waals surface area contributed by atoms with Gasteiger partial charge in [0.25, 0.3) is 0 Å². The molecule has 0 fully saturated rings. The monoisotopic (exact) mass is 282 g/mol. The van der Waals surface area contributed by atoms with E-state index >= 15 is 0 Å². The van der Waals surface area contributed by atoms with E-state index in [2.05, 4.69) is 36.6 Å². The van der Waals surface area contributed by atoms with E-state index in [4.69, 9.17) is 9.47 Å². The van der Waals surface area contributed by atoms with Gasteiger partial charge in [-0.3, -0.25) is 0 Å². The molecule has 0 aromatic carbocycles. The third kappa shape index (κ3) is 6.22. The third-order valence-corrected chi connectivity index (χ3v) is 3.51. The molecule has 0 aromatic heterocycles. The fraction of sp³-hybridized carbons (Fsp3) is 0.750. The Bertz CT molecular complexity index is 249. The molecule has 0 aliphatic heterocycles. The van der Waals surface area contributed by atoms with Crippen LogP contribution < -0.4 is 0 Å². The molecule has 4 heteroatoms. The molecule has 0 radical (unpaired) electrons. The first-order valence-electron chi connectivity index (χ1n) is 5.63. The van der Waals surface area contributed by atoms with Crippen molar-refractivity contribution < 1.29 is 25.3 Å². The Morgan fingerprint density at radius 2 is 1.88 bits per heavy atom. The zero-order valence-electron chi connectivity index (χ0n) is 10.8. The molecule has 0 heterocycles. The predicted molar refractivity (Wildman–Crippen MR) is 68.6 cm³/mol. The molecule has 0 bridgehead atoms. The summed E-state index contributed by atoms with van der Waals surface area (Å²) in [7, 11) is 0. The van der Waals surface area contributed by atoms with Gasteiger partial charge in [-0.25, -0.2) is 0 Å². The van der Waals surface area contributed by atoms with Crippen molar-refractivity contribution in [3.63, 3.8) is 0 Å². The summed E-state index contributed by atoms with van der Waals surface area (Å²) in [5.41, 5.74) is -0.248. The Labute approximate surface area is 112 Å². The van der Waals surface area contributed by atoms with Crippen LogP contribution in [0.3, 0.4) is 0 Å². The Morgan fingerprint density at radius 3 is 2.31 bits per heavy atom. The molecule has 2 nitrogen and oxygen atoms in total. The van der Waals surface area contributed by atoms with Gasteiger partial charge in [0.15, 0.2) is 0 Å². The summed E-state index contributed by atoms with van der Waals surface area (Å²) in [6.07, 6.45) is 2.04. The zero-order valence-corrected chi connectivity index (χ0v) is 12.9. The quantitative estimate of drug-likeness (QED) is 0.681. The van der Waals surface area contributed by atoms with Crippen molar-refractivity contribution >= 4 is 16.3 Å². The Morgan fingerprint density at radius 1 is 1.25 bits per heavy atom. The van der Waals surface area contributed by atoms with Crippen LogP contribution in [0.5, 0.6) is 0 Å². The molecule has 0 N–H and O–H groups in total. The van der Waals surface area contributed by atoms with Crippen LogP contribution in [0.2, 0.25) is 0 Å². The molecule has 0 amide bonds. The summed E-state index contributed by atoms with van der Waals surface area (Å²) in [5.74, 6) is 1.03. The summed E-state index contributed by atoms with van der Waals surface area (Å²) >= 11 is 4.72. The van der Waals surface area contributed by atoms with Crippen LogP contribution >= 0.6 is 11.8 Å². The van der Waals surface area contributed by atoms with Gasteiger partial charge in [-0.2, -0.15) is 0 Å². The number of rotatable bonds is 8. The fourth-order valence-electron chi connectivity index (χ4n) is 1.27. The number of hydrogen-bond donors (Lipinski definition) is 0. The Kier molecular flexibility index (Phi) is 8.71. The topological polar surface area (TPSA) is 18.5 Å². The van der Waals surface area contributed by atoms with Crippen LogP contribution in [-0.4, -0.2) is 29.1 Å². The summed E-state index contributed by atoms with van der Waals surface area (Å²) in [6.45, 7) is 11.7. The van der Waals surface area contributed by atoms with Gasteiger partial charge in [-0.05, 0) is 0 Å². The second kappa shape index (κ2) is 8.50. The first-order valence-corrected chi connectivity index (χ1v) is 7.25. The Hall–Kier alpha value is 0.412. The van der Waals surface area contributed by atoms with Crippen molar-refractivity contribution in [2.24, 2.45) is 0 Å². The minimum atomic E-state index is -0.248. The van der Waals surface area contributed by atoms with E-state index in [1.807, 2.05) is 19.9 Å². The van der Waals surface area contributed by atoms with Crippen LogP contribution in [0.4, 0.5) is 0 Å². The molecule has 0 atom stereocenters. The average Bonchev–Trinajstić information content (AvgIpc) is 2.17. The van der Waals surface area contributed by atoms with Gasteiger partial charge in [0.05, 0.1) is 0 Å². The molecular weight excluding hydrogens is 260 g/mol. The first kappa shape index (κ1) is 16.4. The SMILES string of the molecule is CCO[C](=[Cr])/C=C(\SCC)C(C)(C)OCC. The second-order valence-corrected chi connectivity index (χ2v) is 5.57. The van der Waals surface area contributed by atoms with Crippen LogP contribution in [0.1, 0.15) is 34.6 Å². The number of thioether (sulfide) groups is 1. The van der Waals surface area contributed by atoms with Crippen molar-refractivity contribution in [3.05, 3.63) is 11.0 Å². The third-order valence-electron chi connectivity index (χ3n) is 1.93. The van der Waals surface area contributed by atoms with E-state index in [1.165, 1.54) is 4.91 Å². The number of ether oxygens (including phenoxy) is 2. The van der Waals surface area contributed by atoms with Gasteiger partial charge in [0, 0.05) is 0 Å². The zero-order chi connectivity index (χ0) is 12.6. The molecule has 0 saturated carbocycles. The summed E-state index contributed by atoms with van der Waals surface area (Å²) in [5, 5.41) is 0. The molecule has 94 valence electrons. The van der Waals surface area contributed by atoms with E-state index in [-0.39, 0.29) is 5.60 Å². The first-order chi connectivity index (χ1) is 7.47. The second-order valence-electron chi connectivity index (χ2n) is 3.64. The minimum absolute atomic E-state index is 0.248. The number of hydrogen-bond acceptors (Lipinski definition) is 3. The molecule has 0 aliphatic rings. The predicted octanol–water partition coefficient (Wildman–Crippen LogP) is 3.15. The van der Waals surface area contributed by atoms with Gasteiger partial charge in [0.1, 0.15) is 0 Å². The fourth-order valence-corrected chi connectivity index (χ4v) is 2.67. The van der Waals surface area contributed by atoms with Crippen LogP contribution in [-0.2, 0) is 25.3 Å². The standard InChI is InChI=1S/C12H22O2S.Cr/c1-6-13-10-9-11(15-8-3)12(4,5)14-7-2;/h9H,6-8H2,1-5H3;/b11-9-;. The molecule has 0 spiro atoms. The molecule has 0 unspecified atom stereocenters. The van der Waals surface area contributed by atoms with Crippen molar-refractivity contribution in [1.29, 1.82) is 0 Å². The summed E-state index contributed by atoms with van der Waals surface area (Å²) < 4.78 is 12.0. The molecule has 0 aliphatic carbocycles. The summed E-state index contributed by atoms with van der Waals surface area (Å²) in [6, 6.07) is 0. The van der Waals surface area contributed by atoms with Gasteiger partial charge >= 0.3 is 112 Å².